The van der Waals surface area contributed by atoms with Gasteiger partial charge in [0.2, 0.25) is 0 Å². The highest BCUT2D eigenvalue weighted by Crippen LogP contribution is 2.13. The molecule has 5 nitrogen and oxygen atoms in total. The van der Waals surface area contributed by atoms with Gasteiger partial charge in [-0.3, -0.25) is 9.78 Å². The summed E-state index contributed by atoms with van der Waals surface area (Å²) in [7, 11) is 0. The summed E-state index contributed by atoms with van der Waals surface area (Å²) in [6, 6.07) is 1.40. The zero-order chi connectivity index (χ0) is 11.3. The van der Waals surface area contributed by atoms with E-state index >= 15 is 0 Å². The average Bonchev–Trinajstić information content (AvgIpc) is 2.26. The molecule has 0 aromatic carbocycles. The second-order valence-corrected chi connectivity index (χ2v) is 3.27. The molecule has 1 aromatic rings. The predicted octanol–water partition coefficient (Wildman–Crippen LogP) is 0.254. The number of aromatic hydroxyl groups is 1. The van der Waals surface area contributed by atoms with E-state index in [1.54, 1.807) is 0 Å². The number of nitrogens with two attached hydrogens (primary N) is 1. The third kappa shape index (κ3) is 3.21. The van der Waals surface area contributed by atoms with Crippen molar-refractivity contribution in [2.24, 2.45) is 5.73 Å². The highest BCUT2D eigenvalue weighted by molar-refractivity contribution is 5.96. The minimum absolute atomic E-state index is 0.0575. The Labute approximate surface area is 88.3 Å². The van der Waals surface area contributed by atoms with Crippen LogP contribution in [0.15, 0.2) is 18.5 Å². The van der Waals surface area contributed by atoms with Crippen LogP contribution < -0.4 is 11.1 Å². The number of hydrogen-bond donors (Lipinski definition) is 3. The highest BCUT2D eigenvalue weighted by Gasteiger charge is 2.10. The lowest BCUT2D eigenvalue weighted by Crippen LogP contribution is -2.36. The van der Waals surface area contributed by atoms with Crippen LogP contribution in [-0.4, -0.2) is 28.6 Å². The number of amides is 1. The fraction of sp³-hybridized carbons (Fsp3) is 0.400. The minimum Gasteiger partial charge on any atom is -0.505 e. The van der Waals surface area contributed by atoms with Crippen molar-refractivity contribution in [3.8, 4) is 5.75 Å². The molecule has 1 heterocycles. The number of nitrogens with one attached hydrogen (secondary N) is 1. The van der Waals surface area contributed by atoms with Crippen LogP contribution >= 0.6 is 0 Å². The van der Waals surface area contributed by atoms with Gasteiger partial charge in [0.15, 0.2) is 0 Å². The lowest BCUT2D eigenvalue weighted by atomic mass is 10.2. The van der Waals surface area contributed by atoms with Gasteiger partial charge in [0.1, 0.15) is 5.75 Å². The number of carbonyl (C=O) groups is 1. The van der Waals surface area contributed by atoms with Gasteiger partial charge in [-0.25, -0.2) is 0 Å². The predicted molar refractivity (Wildman–Crippen MR) is 56.5 cm³/mol. The summed E-state index contributed by atoms with van der Waals surface area (Å²) in [6.07, 6.45) is 3.48. The molecule has 0 radical (unpaired) electrons. The summed E-state index contributed by atoms with van der Waals surface area (Å²) in [5.74, 6) is -0.459. The third-order valence-corrected chi connectivity index (χ3v) is 2.09. The Balaban J connectivity index is 2.58. The largest absolute Gasteiger partial charge is 0.505 e. The molecule has 5 heteroatoms. The van der Waals surface area contributed by atoms with E-state index in [2.05, 4.69) is 10.3 Å². The third-order valence-electron chi connectivity index (χ3n) is 2.09. The van der Waals surface area contributed by atoms with Crippen molar-refractivity contribution < 1.29 is 9.90 Å². The zero-order valence-electron chi connectivity index (χ0n) is 8.60. The lowest BCUT2D eigenvalue weighted by Gasteiger charge is -2.10. The Morgan fingerprint density at radius 2 is 2.47 bits per heavy atom. The molecule has 0 spiro atoms. The number of rotatable bonds is 4. The van der Waals surface area contributed by atoms with Crippen molar-refractivity contribution in [1.29, 1.82) is 0 Å². The SMILES string of the molecule is CCC(N)CNC(=O)c1ccncc1O. The second kappa shape index (κ2) is 5.31. The van der Waals surface area contributed by atoms with Crippen molar-refractivity contribution in [3.63, 3.8) is 0 Å². The molecule has 0 aliphatic rings. The van der Waals surface area contributed by atoms with Gasteiger partial charge in [-0.2, -0.15) is 0 Å². The van der Waals surface area contributed by atoms with Gasteiger partial charge >= 0.3 is 0 Å². The lowest BCUT2D eigenvalue weighted by molar-refractivity contribution is 0.0948. The van der Waals surface area contributed by atoms with Gasteiger partial charge in [-0.15, -0.1) is 0 Å². The zero-order valence-corrected chi connectivity index (χ0v) is 8.60. The number of hydrogen-bond acceptors (Lipinski definition) is 4. The van der Waals surface area contributed by atoms with Crippen LogP contribution in [0.5, 0.6) is 5.75 Å². The van der Waals surface area contributed by atoms with Crippen molar-refractivity contribution in [3.05, 3.63) is 24.0 Å². The summed E-state index contributed by atoms with van der Waals surface area (Å²) in [4.78, 5) is 15.2. The number of nitrogens with zero attached hydrogens (tertiary/aromatic N) is 1. The molecular weight excluding hydrogens is 194 g/mol. The molecule has 0 aliphatic heterocycles. The van der Waals surface area contributed by atoms with Crippen LogP contribution in [0.3, 0.4) is 0 Å². The Morgan fingerprint density at radius 1 is 1.73 bits per heavy atom. The first-order valence-electron chi connectivity index (χ1n) is 4.82. The Hall–Kier alpha value is -1.62. The topological polar surface area (TPSA) is 88.2 Å². The first-order valence-corrected chi connectivity index (χ1v) is 4.82. The first kappa shape index (κ1) is 11.5. The molecule has 1 unspecified atom stereocenters. The molecule has 0 fully saturated rings. The maximum atomic E-state index is 11.5. The van der Waals surface area contributed by atoms with Crippen molar-refractivity contribution >= 4 is 5.91 Å². The smallest absolute Gasteiger partial charge is 0.255 e. The Morgan fingerprint density at radius 3 is 3.07 bits per heavy atom. The van der Waals surface area contributed by atoms with Crippen molar-refractivity contribution in [2.75, 3.05) is 6.54 Å². The molecule has 1 amide bonds. The minimum atomic E-state index is -0.334. The van der Waals surface area contributed by atoms with Gasteiger partial charge in [0.05, 0.1) is 11.8 Å². The average molecular weight is 209 g/mol. The molecule has 0 aliphatic carbocycles. The molecule has 82 valence electrons. The van der Waals surface area contributed by atoms with Crippen LogP contribution in [0.1, 0.15) is 23.7 Å². The molecule has 1 rings (SSSR count). The van der Waals surface area contributed by atoms with Crippen molar-refractivity contribution in [2.45, 2.75) is 19.4 Å². The molecule has 0 bridgehead atoms. The van der Waals surface area contributed by atoms with Gasteiger partial charge in [0.25, 0.3) is 5.91 Å². The van der Waals surface area contributed by atoms with Crippen molar-refractivity contribution in [1.82, 2.24) is 10.3 Å². The highest BCUT2D eigenvalue weighted by atomic mass is 16.3. The summed E-state index contributed by atoms with van der Waals surface area (Å²) >= 11 is 0. The summed E-state index contributed by atoms with van der Waals surface area (Å²) < 4.78 is 0. The normalized spacial score (nSPS) is 12.1. The number of pyridine rings is 1. The van der Waals surface area contributed by atoms with Gasteiger partial charge in [-0.05, 0) is 12.5 Å². The van der Waals surface area contributed by atoms with Gasteiger partial charge in [-0.1, -0.05) is 6.92 Å². The molecular formula is C10H15N3O2. The fourth-order valence-corrected chi connectivity index (χ4v) is 1.04. The van der Waals surface area contributed by atoms with E-state index in [4.69, 9.17) is 5.73 Å². The Bertz CT molecular complexity index is 341. The van der Waals surface area contributed by atoms with Gasteiger partial charge < -0.3 is 16.2 Å². The monoisotopic (exact) mass is 209 g/mol. The molecule has 0 saturated carbocycles. The van der Waals surface area contributed by atoms with E-state index in [0.717, 1.165) is 6.42 Å². The van der Waals surface area contributed by atoms with Crippen LogP contribution in [0.2, 0.25) is 0 Å². The molecule has 15 heavy (non-hydrogen) atoms. The second-order valence-electron chi connectivity index (χ2n) is 3.27. The first-order chi connectivity index (χ1) is 7.15. The maximum Gasteiger partial charge on any atom is 0.255 e. The van der Waals surface area contributed by atoms with E-state index < -0.39 is 0 Å². The van der Waals surface area contributed by atoms with E-state index in [9.17, 15) is 9.90 Å². The standard InChI is InChI=1S/C10H15N3O2/c1-2-7(11)5-13-10(15)8-3-4-12-6-9(8)14/h3-4,6-7,14H,2,5,11H2,1H3,(H,13,15). The summed E-state index contributed by atoms with van der Waals surface area (Å²) in [5.41, 5.74) is 5.86. The summed E-state index contributed by atoms with van der Waals surface area (Å²) in [5, 5.41) is 12.0. The molecule has 0 saturated heterocycles. The molecule has 4 N–H and O–H groups in total. The van der Waals surface area contributed by atoms with E-state index in [1.807, 2.05) is 6.92 Å². The molecule has 1 atom stereocenters. The van der Waals surface area contributed by atoms with Crippen LogP contribution in [0, 0.1) is 0 Å². The van der Waals surface area contributed by atoms with Crippen LogP contribution in [-0.2, 0) is 0 Å². The fourth-order valence-electron chi connectivity index (χ4n) is 1.04. The number of carbonyl (C=O) groups excluding carboxylic acids is 1. The van der Waals surface area contributed by atoms with Crippen LogP contribution in [0.4, 0.5) is 0 Å². The van der Waals surface area contributed by atoms with E-state index in [1.165, 1.54) is 18.5 Å². The maximum absolute atomic E-state index is 11.5. The Kier molecular flexibility index (Phi) is 4.05. The summed E-state index contributed by atoms with van der Waals surface area (Å²) in [6.45, 7) is 2.35. The van der Waals surface area contributed by atoms with Crippen LogP contribution in [0.25, 0.3) is 0 Å². The van der Waals surface area contributed by atoms with E-state index in [-0.39, 0.29) is 23.3 Å². The quantitative estimate of drug-likeness (QED) is 0.663. The molecule has 1 aromatic heterocycles. The number of aromatic nitrogens is 1. The van der Waals surface area contributed by atoms with E-state index in [0.29, 0.717) is 6.54 Å². The van der Waals surface area contributed by atoms with Gasteiger partial charge in [0, 0.05) is 18.8 Å².